The van der Waals surface area contributed by atoms with Crippen molar-refractivity contribution in [2.24, 2.45) is 0 Å². The van der Waals surface area contributed by atoms with Gasteiger partial charge in [-0.25, -0.2) is 9.59 Å². The third-order valence-electron chi connectivity index (χ3n) is 3.98. The quantitative estimate of drug-likeness (QED) is 0.648. The van der Waals surface area contributed by atoms with Crippen molar-refractivity contribution in [1.82, 2.24) is 5.32 Å². The number of hydrogen-bond donors (Lipinski definition) is 1. The highest BCUT2D eigenvalue weighted by Crippen LogP contribution is 2.32. The maximum absolute atomic E-state index is 12.1. The van der Waals surface area contributed by atoms with Crippen LogP contribution in [0.1, 0.15) is 43.3 Å². The van der Waals surface area contributed by atoms with Crippen molar-refractivity contribution in [3.8, 4) is 0 Å². The summed E-state index contributed by atoms with van der Waals surface area (Å²) >= 11 is 1.40. The lowest BCUT2D eigenvalue weighted by molar-refractivity contribution is -0.0610. The van der Waals surface area contributed by atoms with Crippen LogP contribution in [0.4, 0.5) is 9.80 Å². The maximum atomic E-state index is 12.1. The molecule has 2 heterocycles. The van der Waals surface area contributed by atoms with Crippen LogP contribution in [-0.2, 0) is 14.2 Å². The zero-order valence-electron chi connectivity index (χ0n) is 15.4. The standard InChI is InChI=1S/C17H26N2O5S/c1-16(2,3)24-15(21)18-17(23-5)8-10-19(11-9-17)13-7-6-12(25-13)14(20)22-4/h6-7H,8-11H2,1-5H3,(H,18,21). The van der Waals surface area contributed by atoms with Gasteiger partial charge in [0.15, 0.2) is 0 Å². The molecule has 1 aliphatic heterocycles. The highest BCUT2D eigenvalue weighted by atomic mass is 32.1. The first-order chi connectivity index (χ1) is 11.7. The molecule has 1 N–H and O–H groups in total. The Kier molecular flexibility index (Phi) is 5.95. The lowest BCUT2D eigenvalue weighted by atomic mass is 10.0. The molecule has 1 aromatic heterocycles. The molecule has 25 heavy (non-hydrogen) atoms. The monoisotopic (exact) mass is 370 g/mol. The van der Waals surface area contributed by atoms with E-state index in [-0.39, 0.29) is 5.97 Å². The van der Waals surface area contributed by atoms with E-state index >= 15 is 0 Å². The number of amides is 1. The predicted molar refractivity (Wildman–Crippen MR) is 96.2 cm³/mol. The van der Waals surface area contributed by atoms with Gasteiger partial charge in [0.2, 0.25) is 0 Å². The van der Waals surface area contributed by atoms with E-state index in [1.165, 1.54) is 18.4 Å². The minimum Gasteiger partial charge on any atom is -0.465 e. The minimum absolute atomic E-state index is 0.328. The van der Waals surface area contributed by atoms with Crippen molar-refractivity contribution in [2.75, 3.05) is 32.2 Å². The number of nitrogens with one attached hydrogen (secondary N) is 1. The Morgan fingerprint density at radius 1 is 1.20 bits per heavy atom. The summed E-state index contributed by atoms with van der Waals surface area (Å²) in [7, 11) is 2.96. The molecule has 0 aromatic carbocycles. The van der Waals surface area contributed by atoms with Crippen molar-refractivity contribution < 1.29 is 23.8 Å². The van der Waals surface area contributed by atoms with Crippen molar-refractivity contribution in [3.05, 3.63) is 17.0 Å². The second-order valence-electron chi connectivity index (χ2n) is 6.94. The molecule has 0 atom stereocenters. The van der Waals surface area contributed by atoms with E-state index < -0.39 is 17.4 Å². The van der Waals surface area contributed by atoms with Gasteiger partial charge >= 0.3 is 12.1 Å². The zero-order valence-corrected chi connectivity index (χ0v) is 16.2. The second-order valence-corrected chi connectivity index (χ2v) is 8.00. The fourth-order valence-corrected chi connectivity index (χ4v) is 3.64. The van der Waals surface area contributed by atoms with E-state index in [0.29, 0.717) is 30.8 Å². The SMILES string of the molecule is COC(=O)c1ccc(N2CCC(NC(=O)OC(C)(C)C)(OC)CC2)s1. The summed E-state index contributed by atoms with van der Waals surface area (Å²) in [4.78, 5) is 26.4. The highest BCUT2D eigenvalue weighted by Gasteiger charge is 2.37. The molecule has 7 nitrogen and oxygen atoms in total. The van der Waals surface area contributed by atoms with E-state index in [1.807, 2.05) is 26.8 Å². The van der Waals surface area contributed by atoms with Gasteiger partial charge in [0, 0.05) is 33.0 Å². The lowest BCUT2D eigenvalue weighted by Gasteiger charge is -2.41. The Balaban J connectivity index is 1.97. The van der Waals surface area contributed by atoms with Crippen molar-refractivity contribution in [2.45, 2.75) is 44.9 Å². The number of anilines is 1. The number of rotatable bonds is 4. The first-order valence-corrected chi connectivity index (χ1v) is 8.99. The van der Waals surface area contributed by atoms with Crippen LogP contribution in [0.15, 0.2) is 12.1 Å². The molecule has 0 radical (unpaired) electrons. The van der Waals surface area contributed by atoms with E-state index in [1.54, 1.807) is 13.2 Å². The van der Waals surface area contributed by atoms with Gasteiger partial charge in [-0.1, -0.05) is 0 Å². The number of hydrogen-bond acceptors (Lipinski definition) is 7. The zero-order chi connectivity index (χ0) is 18.7. The summed E-state index contributed by atoms with van der Waals surface area (Å²) in [5.74, 6) is -0.328. The number of carbonyl (C=O) groups excluding carboxylic acids is 2. The lowest BCUT2D eigenvalue weighted by Crippen LogP contribution is -2.57. The first-order valence-electron chi connectivity index (χ1n) is 8.17. The molecule has 1 fully saturated rings. The largest absolute Gasteiger partial charge is 0.465 e. The van der Waals surface area contributed by atoms with Crippen LogP contribution in [0.25, 0.3) is 0 Å². The molecule has 1 aliphatic rings. The fraction of sp³-hybridized carbons (Fsp3) is 0.647. The molecule has 0 bridgehead atoms. The molecule has 0 aliphatic carbocycles. The number of alkyl carbamates (subject to hydrolysis) is 1. The number of methoxy groups -OCH3 is 2. The molecule has 0 unspecified atom stereocenters. The number of nitrogens with zero attached hydrogens (tertiary/aromatic N) is 1. The minimum atomic E-state index is -0.735. The Morgan fingerprint density at radius 2 is 1.84 bits per heavy atom. The van der Waals surface area contributed by atoms with Crippen LogP contribution in [0.3, 0.4) is 0 Å². The van der Waals surface area contributed by atoms with Crippen molar-refractivity contribution in [1.29, 1.82) is 0 Å². The number of ether oxygens (including phenoxy) is 3. The van der Waals surface area contributed by atoms with Crippen LogP contribution in [-0.4, -0.2) is 50.7 Å². The van der Waals surface area contributed by atoms with Gasteiger partial charge < -0.3 is 19.1 Å². The predicted octanol–water partition coefficient (Wildman–Crippen LogP) is 3.00. The number of thiophene rings is 1. The van der Waals surface area contributed by atoms with Crippen LogP contribution in [0, 0.1) is 0 Å². The van der Waals surface area contributed by atoms with E-state index in [2.05, 4.69) is 10.2 Å². The van der Waals surface area contributed by atoms with Gasteiger partial charge in [-0.05, 0) is 32.9 Å². The van der Waals surface area contributed by atoms with Gasteiger partial charge in [0.1, 0.15) is 16.2 Å². The average Bonchev–Trinajstić information content (AvgIpc) is 3.02. The molecular formula is C17H26N2O5S. The van der Waals surface area contributed by atoms with Crippen molar-refractivity contribution >= 4 is 28.4 Å². The van der Waals surface area contributed by atoms with Gasteiger partial charge in [-0.3, -0.25) is 5.32 Å². The van der Waals surface area contributed by atoms with E-state index in [9.17, 15) is 9.59 Å². The molecular weight excluding hydrogens is 344 g/mol. The summed E-state index contributed by atoms with van der Waals surface area (Å²) in [6.45, 7) is 6.87. The number of piperidine rings is 1. The maximum Gasteiger partial charge on any atom is 0.409 e. The molecule has 1 aromatic rings. The summed E-state index contributed by atoms with van der Waals surface area (Å²) in [6, 6.07) is 3.68. The van der Waals surface area contributed by atoms with E-state index in [0.717, 1.165) is 5.00 Å². The molecule has 2 rings (SSSR count). The number of carbonyl (C=O) groups is 2. The van der Waals surface area contributed by atoms with Gasteiger partial charge in [-0.2, -0.15) is 0 Å². The van der Waals surface area contributed by atoms with Crippen molar-refractivity contribution in [3.63, 3.8) is 0 Å². The normalized spacial score (nSPS) is 17.1. The third kappa shape index (κ3) is 5.09. The van der Waals surface area contributed by atoms with Gasteiger partial charge in [-0.15, -0.1) is 11.3 Å². The average molecular weight is 370 g/mol. The highest BCUT2D eigenvalue weighted by molar-refractivity contribution is 7.17. The molecule has 1 amide bonds. The summed E-state index contributed by atoms with van der Waals surface area (Å²) < 4.78 is 15.7. The second kappa shape index (κ2) is 7.61. The molecule has 140 valence electrons. The third-order valence-corrected chi connectivity index (χ3v) is 5.11. The van der Waals surface area contributed by atoms with Crippen LogP contribution in [0.2, 0.25) is 0 Å². The summed E-state index contributed by atoms with van der Waals surface area (Å²) in [6.07, 6.45) is 0.759. The van der Waals surface area contributed by atoms with E-state index in [4.69, 9.17) is 14.2 Å². The van der Waals surface area contributed by atoms with Crippen LogP contribution >= 0.6 is 11.3 Å². The first kappa shape index (κ1) is 19.5. The number of esters is 1. The molecule has 1 saturated heterocycles. The van der Waals surface area contributed by atoms with Gasteiger partial charge in [0.05, 0.1) is 12.1 Å². The van der Waals surface area contributed by atoms with Gasteiger partial charge in [0.25, 0.3) is 0 Å². The fourth-order valence-electron chi connectivity index (χ4n) is 2.67. The Hall–Kier alpha value is -1.80. The molecule has 0 saturated carbocycles. The van der Waals surface area contributed by atoms with Crippen LogP contribution < -0.4 is 10.2 Å². The summed E-state index contributed by atoms with van der Waals surface area (Å²) in [5.41, 5.74) is -1.29. The van der Waals surface area contributed by atoms with Crippen LogP contribution in [0.5, 0.6) is 0 Å². The molecule has 0 spiro atoms. The molecule has 8 heteroatoms. The summed E-state index contributed by atoms with van der Waals surface area (Å²) in [5, 5.41) is 3.86. The Labute approximate surface area is 152 Å². The smallest absolute Gasteiger partial charge is 0.409 e. The topological polar surface area (TPSA) is 77.1 Å². The Bertz CT molecular complexity index is 615. The Morgan fingerprint density at radius 3 is 2.36 bits per heavy atom.